The quantitative estimate of drug-likeness (QED) is 0.462. The Morgan fingerprint density at radius 3 is 2.36 bits per heavy atom. The third-order valence-corrected chi connectivity index (χ3v) is 2.20. The van der Waals surface area contributed by atoms with Crippen molar-refractivity contribution < 1.29 is 9.90 Å². The lowest BCUT2D eigenvalue weighted by Crippen LogP contribution is -2.11. The largest absolute Gasteiger partial charge is 0.396 e. The third-order valence-electron chi connectivity index (χ3n) is 2.20. The summed E-state index contributed by atoms with van der Waals surface area (Å²) in [5.74, 6) is -0.328. The highest BCUT2D eigenvalue weighted by Gasteiger charge is 1.95. The molecule has 0 aliphatic rings. The van der Waals surface area contributed by atoms with Gasteiger partial charge in [-0.2, -0.15) is 0 Å². The zero-order valence-electron chi connectivity index (χ0n) is 8.96. The number of aliphatic hydroxyl groups excluding tert-OH is 1. The molecule has 0 aromatic rings. The molecule has 0 bridgehead atoms. The van der Waals surface area contributed by atoms with Crippen LogP contribution in [0.1, 0.15) is 45.4 Å². The lowest BCUT2D eigenvalue weighted by Gasteiger charge is -1.98. The predicted molar refractivity (Wildman–Crippen MR) is 57.7 cm³/mol. The molecule has 0 aromatic carbocycles. The van der Waals surface area contributed by atoms with E-state index in [1.165, 1.54) is 0 Å². The van der Waals surface area contributed by atoms with Crippen LogP contribution in [0.4, 0.5) is 0 Å². The molecule has 3 N–H and O–H groups in total. The minimum atomic E-state index is -0.328. The zero-order valence-corrected chi connectivity index (χ0v) is 8.96. The minimum Gasteiger partial charge on any atom is -0.396 e. The number of primary amides is 1. The molecule has 3 heteroatoms. The van der Waals surface area contributed by atoms with Gasteiger partial charge in [0.05, 0.1) is 0 Å². The second-order valence-corrected chi connectivity index (χ2v) is 3.53. The molecule has 0 aliphatic heterocycles. The molecule has 0 heterocycles. The summed E-state index contributed by atoms with van der Waals surface area (Å²) in [6.07, 6.45) is 8.22. The monoisotopic (exact) mass is 199 g/mol. The van der Waals surface area contributed by atoms with Gasteiger partial charge in [-0.15, -0.1) is 0 Å². The fraction of sp³-hybridized carbons (Fsp3) is 0.727. The van der Waals surface area contributed by atoms with Gasteiger partial charge in [-0.25, -0.2) is 0 Å². The Labute approximate surface area is 86.0 Å². The van der Waals surface area contributed by atoms with Crippen LogP contribution in [0.15, 0.2) is 11.6 Å². The molecule has 82 valence electrons. The molecule has 14 heavy (non-hydrogen) atoms. The Hall–Kier alpha value is -0.830. The van der Waals surface area contributed by atoms with E-state index < -0.39 is 0 Å². The molecule has 0 aliphatic carbocycles. The average molecular weight is 199 g/mol. The van der Waals surface area contributed by atoms with E-state index in [9.17, 15) is 4.79 Å². The molecule has 0 atom stereocenters. The molecule has 0 aromatic heterocycles. The van der Waals surface area contributed by atoms with Crippen molar-refractivity contribution in [1.82, 2.24) is 0 Å². The van der Waals surface area contributed by atoms with Gasteiger partial charge in [0.1, 0.15) is 0 Å². The lowest BCUT2D eigenvalue weighted by atomic mass is 10.1. The number of carbonyl (C=O) groups excluding carboxylic acids is 1. The summed E-state index contributed by atoms with van der Waals surface area (Å²) in [7, 11) is 0. The molecule has 0 saturated carbocycles. The number of unbranched alkanes of at least 4 members (excludes halogenated alkanes) is 5. The van der Waals surface area contributed by atoms with Gasteiger partial charge >= 0.3 is 0 Å². The number of allylic oxidation sites excluding steroid dienone is 1. The first-order valence-corrected chi connectivity index (χ1v) is 5.26. The number of carbonyl (C=O) groups is 1. The molecular formula is C11H21NO2. The topological polar surface area (TPSA) is 63.3 Å². The number of nitrogens with two attached hydrogens (primary N) is 1. The van der Waals surface area contributed by atoms with Crippen LogP contribution in [0, 0.1) is 0 Å². The van der Waals surface area contributed by atoms with Crippen molar-refractivity contribution in [1.29, 1.82) is 0 Å². The molecule has 0 unspecified atom stereocenters. The zero-order chi connectivity index (χ0) is 10.8. The van der Waals surface area contributed by atoms with E-state index in [0.29, 0.717) is 12.2 Å². The van der Waals surface area contributed by atoms with Gasteiger partial charge in [0, 0.05) is 12.2 Å². The third kappa shape index (κ3) is 7.80. The van der Waals surface area contributed by atoms with Gasteiger partial charge in [0.2, 0.25) is 5.91 Å². The van der Waals surface area contributed by atoms with Crippen LogP contribution in [0.3, 0.4) is 0 Å². The second-order valence-electron chi connectivity index (χ2n) is 3.53. The number of hydrogen-bond acceptors (Lipinski definition) is 2. The number of aliphatic hydroxyl groups is 1. The lowest BCUT2D eigenvalue weighted by molar-refractivity contribution is -0.114. The minimum absolute atomic E-state index is 0.292. The second kappa shape index (κ2) is 8.75. The highest BCUT2D eigenvalue weighted by Crippen LogP contribution is 2.06. The molecule has 3 nitrogen and oxygen atoms in total. The summed E-state index contributed by atoms with van der Waals surface area (Å²) < 4.78 is 0. The summed E-state index contributed by atoms with van der Waals surface area (Å²) >= 11 is 0. The Balaban J connectivity index is 3.29. The first kappa shape index (κ1) is 13.2. The summed E-state index contributed by atoms with van der Waals surface area (Å²) in [6, 6.07) is 0. The number of hydrogen-bond donors (Lipinski definition) is 2. The van der Waals surface area contributed by atoms with E-state index in [-0.39, 0.29) is 5.91 Å². The van der Waals surface area contributed by atoms with E-state index in [0.717, 1.165) is 38.5 Å². The van der Waals surface area contributed by atoms with Gasteiger partial charge in [0.25, 0.3) is 0 Å². The van der Waals surface area contributed by atoms with E-state index in [4.69, 9.17) is 10.8 Å². The molecule has 0 spiro atoms. The predicted octanol–water partition coefficient (Wildman–Crippen LogP) is 1.75. The maximum Gasteiger partial charge on any atom is 0.244 e. The van der Waals surface area contributed by atoms with Crippen molar-refractivity contribution >= 4 is 5.91 Å². The molecule has 0 rings (SSSR count). The molecule has 0 radical (unpaired) electrons. The summed E-state index contributed by atoms with van der Waals surface area (Å²) in [6.45, 7) is 2.04. The molecule has 0 saturated heterocycles. The maximum absolute atomic E-state index is 10.6. The van der Waals surface area contributed by atoms with Crippen LogP contribution in [0.2, 0.25) is 0 Å². The number of amides is 1. The first-order valence-electron chi connectivity index (χ1n) is 5.26. The Morgan fingerprint density at radius 1 is 1.21 bits per heavy atom. The highest BCUT2D eigenvalue weighted by atomic mass is 16.2. The highest BCUT2D eigenvalue weighted by molar-refractivity contribution is 5.91. The van der Waals surface area contributed by atoms with Crippen molar-refractivity contribution in [3.8, 4) is 0 Å². The normalized spacial score (nSPS) is 11.7. The first-order chi connectivity index (χ1) is 6.68. The van der Waals surface area contributed by atoms with Crippen molar-refractivity contribution in [2.45, 2.75) is 45.4 Å². The van der Waals surface area contributed by atoms with Crippen LogP contribution >= 0.6 is 0 Å². The van der Waals surface area contributed by atoms with Crippen molar-refractivity contribution in [3.63, 3.8) is 0 Å². The van der Waals surface area contributed by atoms with Crippen molar-refractivity contribution in [2.24, 2.45) is 5.73 Å². The van der Waals surface area contributed by atoms with Crippen molar-refractivity contribution in [2.75, 3.05) is 6.61 Å². The van der Waals surface area contributed by atoms with Crippen LogP contribution in [0.5, 0.6) is 0 Å². The molecular weight excluding hydrogens is 178 g/mol. The van der Waals surface area contributed by atoms with Crippen LogP contribution in [-0.4, -0.2) is 17.6 Å². The average Bonchev–Trinajstić information content (AvgIpc) is 2.16. The summed E-state index contributed by atoms with van der Waals surface area (Å²) in [5.41, 5.74) is 5.73. The Kier molecular flexibility index (Phi) is 8.24. The fourth-order valence-corrected chi connectivity index (χ4v) is 1.21. The van der Waals surface area contributed by atoms with Gasteiger partial charge in [-0.05, 0) is 26.2 Å². The van der Waals surface area contributed by atoms with Gasteiger partial charge in [-0.3, -0.25) is 4.79 Å². The standard InChI is InChI=1S/C11H21NO2/c1-10(11(12)14)8-6-4-2-3-5-7-9-13/h8,13H,2-7,9H2,1H3,(H2,12,14)/b10-8+. The Morgan fingerprint density at radius 2 is 1.79 bits per heavy atom. The fourth-order valence-electron chi connectivity index (χ4n) is 1.21. The van der Waals surface area contributed by atoms with E-state index >= 15 is 0 Å². The van der Waals surface area contributed by atoms with Gasteiger partial charge < -0.3 is 10.8 Å². The SMILES string of the molecule is C/C(=C\CCCCCCCO)C(N)=O. The number of rotatable bonds is 8. The van der Waals surface area contributed by atoms with Crippen LogP contribution in [0.25, 0.3) is 0 Å². The molecule has 0 fully saturated rings. The summed E-state index contributed by atoms with van der Waals surface area (Å²) in [5, 5.41) is 8.54. The van der Waals surface area contributed by atoms with E-state index in [2.05, 4.69) is 0 Å². The van der Waals surface area contributed by atoms with E-state index in [1.807, 2.05) is 6.08 Å². The maximum atomic E-state index is 10.6. The van der Waals surface area contributed by atoms with Crippen molar-refractivity contribution in [3.05, 3.63) is 11.6 Å². The van der Waals surface area contributed by atoms with E-state index in [1.54, 1.807) is 6.92 Å². The molecule has 1 amide bonds. The van der Waals surface area contributed by atoms with Gasteiger partial charge in [0.15, 0.2) is 0 Å². The Bertz CT molecular complexity index is 188. The van der Waals surface area contributed by atoms with Crippen LogP contribution < -0.4 is 5.73 Å². The van der Waals surface area contributed by atoms with Crippen LogP contribution in [-0.2, 0) is 4.79 Å². The summed E-state index contributed by atoms with van der Waals surface area (Å²) in [4.78, 5) is 10.6. The smallest absolute Gasteiger partial charge is 0.244 e. The van der Waals surface area contributed by atoms with Gasteiger partial charge in [-0.1, -0.05) is 25.3 Å².